The van der Waals surface area contributed by atoms with Gasteiger partial charge in [0.2, 0.25) is 5.28 Å². The smallest absolute Gasteiger partial charge is 0.416 e. The molecule has 0 unspecified atom stereocenters. The van der Waals surface area contributed by atoms with E-state index in [0.29, 0.717) is 22.3 Å². The SMILES string of the molecule is CC#Cc1c(C[C@@H](NC(=O)OC(C)(C)C)[C@H](C)F)c(C)c2c(N(Cc3cccs3)C(=O)OC(C)(C)C)nc(Cl)nn12. The molecule has 0 aromatic carbocycles. The minimum absolute atomic E-state index is 0.0739. The number of thiophene rings is 1. The summed E-state index contributed by atoms with van der Waals surface area (Å²) in [6.07, 6.45) is -2.69. The number of carbonyl (C=O) groups is 2. The Kier molecular flexibility index (Phi) is 9.93. The molecule has 3 aromatic heterocycles. The summed E-state index contributed by atoms with van der Waals surface area (Å²) in [7, 11) is 0. The number of hydrogen-bond donors (Lipinski definition) is 1. The van der Waals surface area contributed by atoms with E-state index in [2.05, 4.69) is 27.2 Å². The summed E-state index contributed by atoms with van der Waals surface area (Å²) in [5.41, 5.74) is 0.683. The van der Waals surface area contributed by atoms with Gasteiger partial charge in [0, 0.05) is 4.88 Å². The summed E-state index contributed by atoms with van der Waals surface area (Å²) in [5, 5.41) is 8.84. The van der Waals surface area contributed by atoms with E-state index in [1.165, 1.54) is 27.7 Å². The van der Waals surface area contributed by atoms with Crippen LogP contribution in [0.15, 0.2) is 17.5 Å². The molecular weight excluding hydrogens is 569 g/mol. The van der Waals surface area contributed by atoms with Crippen molar-refractivity contribution in [3.63, 3.8) is 0 Å². The second kappa shape index (κ2) is 12.7. The Morgan fingerprint density at radius 1 is 1.22 bits per heavy atom. The molecule has 3 aromatic rings. The van der Waals surface area contributed by atoms with Crippen LogP contribution in [0.3, 0.4) is 0 Å². The van der Waals surface area contributed by atoms with Gasteiger partial charge < -0.3 is 14.8 Å². The second-order valence-electron chi connectivity index (χ2n) is 11.6. The molecule has 2 amide bonds. The van der Waals surface area contributed by atoms with E-state index in [4.69, 9.17) is 21.1 Å². The van der Waals surface area contributed by atoms with Gasteiger partial charge in [-0.05, 0) is 109 Å². The second-order valence-corrected chi connectivity index (χ2v) is 12.9. The van der Waals surface area contributed by atoms with E-state index in [1.807, 2.05) is 24.4 Å². The van der Waals surface area contributed by atoms with Gasteiger partial charge in [-0.25, -0.2) is 18.5 Å². The van der Waals surface area contributed by atoms with E-state index in [0.717, 1.165) is 4.88 Å². The molecule has 12 heteroatoms. The number of amides is 2. The van der Waals surface area contributed by atoms with Gasteiger partial charge >= 0.3 is 12.2 Å². The number of nitrogens with one attached hydrogen (secondary N) is 1. The Bertz CT molecular complexity index is 1460. The van der Waals surface area contributed by atoms with Crippen LogP contribution in [0.4, 0.5) is 19.8 Å². The molecule has 0 fully saturated rings. The maximum absolute atomic E-state index is 14.9. The topological polar surface area (TPSA) is 98.1 Å². The Hall–Kier alpha value is -3.36. The van der Waals surface area contributed by atoms with Crippen LogP contribution in [0.1, 0.15) is 77.1 Å². The molecule has 0 aliphatic carbocycles. The largest absolute Gasteiger partial charge is 0.444 e. The third-order valence-electron chi connectivity index (χ3n) is 5.80. The van der Waals surface area contributed by atoms with Crippen molar-refractivity contribution in [3.8, 4) is 11.8 Å². The molecule has 41 heavy (non-hydrogen) atoms. The average molecular weight is 606 g/mol. The van der Waals surface area contributed by atoms with Gasteiger partial charge in [0.25, 0.3) is 0 Å². The zero-order chi connectivity index (χ0) is 30.7. The highest BCUT2D eigenvalue weighted by molar-refractivity contribution is 7.09. The molecule has 0 aliphatic heterocycles. The molecule has 3 rings (SSSR count). The fraction of sp³-hybridized carbons (Fsp3) is 0.517. The normalized spacial score (nSPS) is 13.2. The lowest BCUT2D eigenvalue weighted by Crippen LogP contribution is -2.44. The highest BCUT2D eigenvalue weighted by Gasteiger charge is 2.32. The zero-order valence-corrected chi connectivity index (χ0v) is 26.5. The third-order valence-corrected chi connectivity index (χ3v) is 6.82. The van der Waals surface area contributed by atoms with Crippen LogP contribution in [0, 0.1) is 18.8 Å². The molecule has 0 radical (unpaired) electrons. The van der Waals surface area contributed by atoms with Crippen LogP contribution in [-0.2, 0) is 22.4 Å². The van der Waals surface area contributed by atoms with Crippen molar-refractivity contribution >= 4 is 46.5 Å². The van der Waals surface area contributed by atoms with E-state index < -0.39 is 35.6 Å². The lowest BCUT2D eigenvalue weighted by atomic mass is 9.99. The molecule has 0 saturated carbocycles. The number of aromatic nitrogens is 3. The molecule has 0 saturated heterocycles. The molecule has 1 N–H and O–H groups in total. The van der Waals surface area contributed by atoms with Crippen molar-refractivity contribution in [1.29, 1.82) is 0 Å². The first kappa shape index (κ1) is 32.2. The van der Waals surface area contributed by atoms with E-state index in [1.54, 1.807) is 48.5 Å². The van der Waals surface area contributed by atoms with Crippen LogP contribution >= 0.6 is 22.9 Å². The fourth-order valence-corrected chi connectivity index (χ4v) is 4.97. The van der Waals surface area contributed by atoms with Crippen LogP contribution in [0.2, 0.25) is 5.28 Å². The maximum atomic E-state index is 14.9. The van der Waals surface area contributed by atoms with E-state index in [-0.39, 0.29) is 24.1 Å². The standard InChI is InChI=1S/C29H37ClFN5O4S/c1-10-12-22-20(15-21(18(3)31)32-26(37)39-28(4,5)6)17(2)23-24(33-25(30)34-36(22)23)35(16-19-13-11-14-41-19)27(38)40-29(7,8)9/h11,13-14,18,21H,15-16H2,1-9H3,(H,32,37)/t18-,21+/m0/s1. The number of rotatable bonds is 7. The highest BCUT2D eigenvalue weighted by atomic mass is 35.5. The minimum atomic E-state index is -1.42. The van der Waals surface area contributed by atoms with Gasteiger partial charge in [-0.15, -0.1) is 16.4 Å². The molecule has 0 spiro atoms. The minimum Gasteiger partial charge on any atom is -0.444 e. The van der Waals surface area contributed by atoms with Crippen LogP contribution in [0.25, 0.3) is 5.52 Å². The molecule has 0 bridgehead atoms. The number of anilines is 1. The first-order valence-corrected chi connectivity index (χ1v) is 14.4. The van der Waals surface area contributed by atoms with Crippen LogP contribution in [-0.4, -0.2) is 50.2 Å². The summed E-state index contributed by atoms with van der Waals surface area (Å²) in [6, 6.07) is 2.86. The summed E-state index contributed by atoms with van der Waals surface area (Å²) in [5.74, 6) is 6.15. The van der Waals surface area contributed by atoms with Crippen LogP contribution < -0.4 is 10.2 Å². The highest BCUT2D eigenvalue weighted by Crippen LogP contribution is 2.33. The van der Waals surface area contributed by atoms with Gasteiger partial charge in [-0.3, -0.25) is 4.90 Å². The van der Waals surface area contributed by atoms with Crippen molar-refractivity contribution in [2.24, 2.45) is 0 Å². The van der Waals surface area contributed by atoms with Crippen LogP contribution in [0.5, 0.6) is 0 Å². The van der Waals surface area contributed by atoms with Crippen molar-refractivity contribution < 1.29 is 23.5 Å². The van der Waals surface area contributed by atoms with Crippen molar-refractivity contribution in [2.45, 2.75) is 98.7 Å². The predicted octanol–water partition coefficient (Wildman–Crippen LogP) is 6.86. The fourth-order valence-electron chi connectivity index (χ4n) is 4.12. The Morgan fingerprint density at radius 2 is 1.88 bits per heavy atom. The number of fused-ring (bicyclic) bond motifs is 1. The summed E-state index contributed by atoms with van der Waals surface area (Å²) in [6.45, 7) is 15.6. The molecular formula is C29H37ClFN5O4S. The Morgan fingerprint density at radius 3 is 2.41 bits per heavy atom. The first-order valence-electron chi connectivity index (χ1n) is 13.2. The quantitative estimate of drug-likeness (QED) is 0.296. The number of alkyl halides is 1. The number of alkyl carbamates (subject to hydrolysis) is 1. The average Bonchev–Trinajstić information content (AvgIpc) is 3.42. The Labute approximate surface area is 249 Å². The van der Waals surface area contributed by atoms with Gasteiger partial charge in [-0.1, -0.05) is 12.0 Å². The third kappa shape index (κ3) is 8.33. The van der Waals surface area contributed by atoms with Gasteiger partial charge in [0.1, 0.15) is 28.6 Å². The molecule has 3 heterocycles. The molecule has 222 valence electrons. The van der Waals surface area contributed by atoms with Crippen molar-refractivity contribution in [3.05, 3.63) is 44.5 Å². The molecule has 2 atom stereocenters. The molecule has 0 aliphatic rings. The zero-order valence-electron chi connectivity index (χ0n) is 24.9. The summed E-state index contributed by atoms with van der Waals surface area (Å²) < 4.78 is 27.5. The summed E-state index contributed by atoms with van der Waals surface area (Å²) in [4.78, 5) is 32.8. The van der Waals surface area contributed by atoms with Gasteiger partial charge in [-0.2, -0.15) is 4.98 Å². The van der Waals surface area contributed by atoms with E-state index in [9.17, 15) is 14.0 Å². The number of hydrogen-bond acceptors (Lipinski definition) is 7. The lowest BCUT2D eigenvalue weighted by molar-refractivity contribution is 0.0476. The summed E-state index contributed by atoms with van der Waals surface area (Å²) >= 11 is 7.89. The van der Waals surface area contributed by atoms with E-state index >= 15 is 0 Å². The maximum Gasteiger partial charge on any atom is 0.416 e. The first-order chi connectivity index (χ1) is 19.0. The number of carbonyl (C=O) groups excluding carboxylic acids is 2. The van der Waals surface area contributed by atoms with Crippen molar-refractivity contribution in [1.82, 2.24) is 19.9 Å². The monoisotopic (exact) mass is 605 g/mol. The number of nitrogens with zero attached hydrogens (tertiary/aromatic N) is 4. The number of halogens is 2. The molecule has 9 nitrogen and oxygen atoms in total. The van der Waals surface area contributed by atoms with Gasteiger partial charge in [0.05, 0.1) is 12.6 Å². The number of aryl methyl sites for hydroxylation is 1. The lowest BCUT2D eigenvalue weighted by Gasteiger charge is -2.27. The number of ether oxygens (including phenoxy) is 2. The van der Waals surface area contributed by atoms with Gasteiger partial charge in [0.15, 0.2) is 5.82 Å². The van der Waals surface area contributed by atoms with Crippen molar-refractivity contribution in [2.75, 3.05) is 4.90 Å². The Balaban J connectivity index is 2.20. The predicted molar refractivity (Wildman–Crippen MR) is 159 cm³/mol.